The van der Waals surface area contributed by atoms with Gasteiger partial charge in [0.15, 0.2) is 0 Å². The zero-order valence-electron chi connectivity index (χ0n) is 11.8. The molecule has 1 amide bonds. The summed E-state index contributed by atoms with van der Waals surface area (Å²) in [6.07, 6.45) is -0.895. The van der Waals surface area contributed by atoms with Gasteiger partial charge in [0.1, 0.15) is 11.4 Å². The second-order valence-corrected chi connectivity index (χ2v) is 7.58. The normalized spacial score (nSPS) is 13.9. The van der Waals surface area contributed by atoms with E-state index in [1.165, 1.54) is 0 Å². The molecule has 0 spiro atoms. The summed E-state index contributed by atoms with van der Waals surface area (Å²) >= 11 is 0. The molecule has 0 N–H and O–H groups in total. The first-order chi connectivity index (χ1) is 9.24. The maximum Gasteiger partial charge on any atom is 0.442 e. The molecule has 0 fully saturated rings. The fraction of sp³-hybridized carbons (Fsp3) is 0.429. The number of hydrogen-bond donors (Lipinski definition) is 0. The van der Waals surface area contributed by atoms with Crippen molar-refractivity contribution in [2.24, 2.45) is 4.36 Å². The van der Waals surface area contributed by atoms with Gasteiger partial charge in [-0.25, -0.2) is 9.00 Å². The van der Waals surface area contributed by atoms with E-state index in [0.29, 0.717) is 0 Å². The molecular weight excluding hydrogens is 276 g/mol. The van der Waals surface area contributed by atoms with E-state index in [0.717, 1.165) is 5.56 Å². The number of nitrogens with zero attached hydrogens (tertiary/aromatic N) is 2. The molecule has 1 rings (SSSR count). The van der Waals surface area contributed by atoms with Gasteiger partial charge in [0.25, 0.3) is 0 Å². The van der Waals surface area contributed by atoms with Crippen molar-refractivity contribution in [2.45, 2.75) is 32.1 Å². The maximum atomic E-state index is 12.6. The van der Waals surface area contributed by atoms with Crippen LogP contribution >= 0.6 is 0 Å². The summed E-state index contributed by atoms with van der Waals surface area (Å²) in [6, 6.07) is 10.8. The fourth-order valence-corrected chi connectivity index (χ4v) is 2.92. The highest BCUT2D eigenvalue weighted by Gasteiger charge is 2.19. The van der Waals surface area contributed by atoms with E-state index in [1.807, 2.05) is 12.1 Å². The molecule has 0 aliphatic rings. The lowest BCUT2D eigenvalue weighted by atomic mass is 10.2. The first-order valence-electron chi connectivity index (χ1n) is 6.10. The van der Waals surface area contributed by atoms with Crippen molar-refractivity contribution in [3.05, 3.63) is 35.9 Å². The van der Waals surface area contributed by atoms with Crippen molar-refractivity contribution < 1.29 is 13.7 Å². The zero-order valence-corrected chi connectivity index (χ0v) is 12.6. The van der Waals surface area contributed by atoms with Crippen molar-refractivity contribution in [2.75, 3.05) is 5.75 Å². The van der Waals surface area contributed by atoms with E-state index in [9.17, 15) is 9.00 Å². The average Bonchev–Trinajstić information content (AvgIpc) is 2.26. The molecule has 1 atom stereocenters. The van der Waals surface area contributed by atoms with Gasteiger partial charge in [-0.3, -0.25) is 0 Å². The Morgan fingerprint density at radius 3 is 2.45 bits per heavy atom. The van der Waals surface area contributed by atoms with Crippen LogP contribution in [-0.2, 0) is 20.2 Å². The van der Waals surface area contributed by atoms with Crippen LogP contribution in [0.2, 0.25) is 0 Å². The first-order valence-corrected chi connectivity index (χ1v) is 7.96. The summed E-state index contributed by atoms with van der Waals surface area (Å²) in [4.78, 5) is 11.7. The Hall–Kier alpha value is -1.87. The number of hydrogen-bond acceptors (Lipinski definition) is 4. The molecule has 5 nitrogen and oxygen atoms in total. The van der Waals surface area contributed by atoms with E-state index >= 15 is 0 Å². The Morgan fingerprint density at radius 2 is 1.95 bits per heavy atom. The van der Waals surface area contributed by atoms with Gasteiger partial charge in [0.05, 0.1) is 21.6 Å². The highest BCUT2D eigenvalue weighted by atomic mass is 32.2. The van der Waals surface area contributed by atoms with Gasteiger partial charge < -0.3 is 4.74 Å². The number of ether oxygens (including phenoxy) is 1. The third kappa shape index (κ3) is 5.85. The Morgan fingerprint density at radius 1 is 1.35 bits per heavy atom. The third-order valence-electron chi connectivity index (χ3n) is 2.16. The Bertz CT molecular complexity index is 618. The fourth-order valence-electron chi connectivity index (χ4n) is 1.47. The van der Waals surface area contributed by atoms with Gasteiger partial charge in [0.2, 0.25) is 0 Å². The molecule has 1 unspecified atom stereocenters. The molecule has 0 radical (unpaired) electrons. The monoisotopic (exact) mass is 294 g/mol. The molecular formula is C14H18N2O3S. The molecule has 0 aromatic heterocycles. The number of rotatable bonds is 3. The maximum absolute atomic E-state index is 12.6. The Labute approximate surface area is 119 Å². The van der Waals surface area contributed by atoms with Gasteiger partial charge in [-0.2, -0.15) is 5.26 Å². The van der Waals surface area contributed by atoms with Crippen molar-refractivity contribution in [3.8, 4) is 6.07 Å². The van der Waals surface area contributed by atoms with Crippen LogP contribution < -0.4 is 0 Å². The minimum atomic E-state index is -2.97. The molecule has 108 valence electrons. The van der Waals surface area contributed by atoms with Gasteiger partial charge in [-0.15, -0.1) is 4.36 Å². The number of amides is 1. The number of nitriles is 1. The summed E-state index contributed by atoms with van der Waals surface area (Å²) < 4.78 is 21.2. The van der Waals surface area contributed by atoms with Crippen molar-refractivity contribution in [1.82, 2.24) is 0 Å². The smallest absolute Gasteiger partial charge is 0.442 e. The summed E-state index contributed by atoms with van der Waals surface area (Å²) in [6.45, 7) is 5.09. The van der Waals surface area contributed by atoms with Crippen LogP contribution in [0.4, 0.5) is 4.79 Å². The van der Waals surface area contributed by atoms with E-state index in [-0.39, 0.29) is 11.5 Å². The molecule has 1 aromatic rings. The van der Waals surface area contributed by atoms with Crippen LogP contribution in [0.3, 0.4) is 0 Å². The molecule has 0 bridgehead atoms. The lowest BCUT2D eigenvalue weighted by molar-refractivity contribution is 0.0607. The van der Waals surface area contributed by atoms with E-state index in [2.05, 4.69) is 4.36 Å². The molecule has 0 aliphatic heterocycles. The van der Waals surface area contributed by atoms with E-state index in [4.69, 9.17) is 10.00 Å². The number of benzene rings is 1. The molecule has 0 heterocycles. The lowest BCUT2D eigenvalue weighted by Crippen LogP contribution is -2.23. The summed E-state index contributed by atoms with van der Waals surface area (Å²) in [5.41, 5.74) is 0.0559. The highest BCUT2D eigenvalue weighted by Crippen LogP contribution is 2.13. The molecule has 0 aliphatic carbocycles. The molecule has 1 aromatic carbocycles. The van der Waals surface area contributed by atoms with Crippen molar-refractivity contribution >= 4 is 15.8 Å². The second-order valence-electron chi connectivity index (χ2n) is 5.28. The minimum Gasteiger partial charge on any atom is -0.442 e. The summed E-state index contributed by atoms with van der Waals surface area (Å²) in [5, 5.41) is 8.78. The molecule has 0 saturated heterocycles. The Balaban J connectivity index is 3.00. The lowest BCUT2D eigenvalue weighted by Gasteiger charge is -2.17. The third-order valence-corrected chi connectivity index (χ3v) is 4.01. The standard InChI is InChI=1S/C14H18N2O3S/c1-14(2,3)19-13(17)16-20(18,10-9-15)11-12-7-5-4-6-8-12/h4-8H,10-11H2,1-3H3. The quantitative estimate of drug-likeness (QED) is 0.858. The largest absolute Gasteiger partial charge is 0.442 e. The number of carbonyl (C=O) groups excluding carboxylic acids is 1. The topological polar surface area (TPSA) is 79.5 Å². The van der Waals surface area contributed by atoms with Crippen LogP contribution in [0.25, 0.3) is 0 Å². The highest BCUT2D eigenvalue weighted by molar-refractivity contribution is 7.93. The molecule has 20 heavy (non-hydrogen) atoms. The zero-order chi connectivity index (χ0) is 15.2. The SMILES string of the molecule is CC(C)(C)OC(=O)N=S(=O)(CC#N)Cc1ccccc1. The van der Waals surface area contributed by atoms with Gasteiger partial charge in [-0.1, -0.05) is 30.3 Å². The van der Waals surface area contributed by atoms with Gasteiger partial charge in [0, 0.05) is 0 Å². The van der Waals surface area contributed by atoms with E-state index < -0.39 is 21.4 Å². The summed E-state index contributed by atoms with van der Waals surface area (Å²) in [5.74, 6) is -0.248. The number of carbonyl (C=O) groups is 1. The van der Waals surface area contributed by atoms with Crippen LogP contribution in [0, 0.1) is 11.3 Å². The Kier molecular flexibility index (Phi) is 5.28. The molecule has 6 heteroatoms. The van der Waals surface area contributed by atoms with E-state index in [1.54, 1.807) is 45.0 Å². The first kappa shape index (κ1) is 16.2. The van der Waals surface area contributed by atoms with Crippen LogP contribution in [0.15, 0.2) is 34.7 Å². The minimum absolute atomic E-state index is 0.0562. The van der Waals surface area contributed by atoms with Crippen molar-refractivity contribution in [3.63, 3.8) is 0 Å². The average molecular weight is 294 g/mol. The van der Waals surface area contributed by atoms with Gasteiger partial charge in [-0.05, 0) is 26.3 Å². The predicted molar refractivity (Wildman–Crippen MR) is 77.4 cm³/mol. The summed E-state index contributed by atoms with van der Waals surface area (Å²) in [7, 11) is -2.97. The predicted octanol–water partition coefficient (Wildman–Crippen LogP) is 3.11. The second kappa shape index (κ2) is 6.53. The van der Waals surface area contributed by atoms with Gasteiger partial charge >= 0.3 is 6.09 Å². The van der Waals surface area contributed by atoms with Crippen LogP contribution in [-0.4, -0.2) is 21.7 Å². The van der Waals surface area contributed by atoms with Crippen LogP contribution in [0.5, 0.6) is 0 Å². The van der Waals surface area contributed by atoms with Crippen molar-refractivity contribution in [1.29, 1.82) is 5.26 Å². The molecule has 0 saturated carbocycles. The van der Waals surface area contributed by atoms with Crippen LogP contribution in [0.1, 0.15) is 26.3 Å².